The molecule has 21 heavy (non-hydrogen) atoms. The van der Waals surface area contributed by atoms with E-state index >= 15 is 0 Å². The molecule has 0 aromatic carbocycles. The second-order valence-corrected chi connectivity index (χ2v) is 5.45. The number of amides is 1. The fourth-order valence-corrected chi connectivity index (χ4v) is 2.25. The molecule has 0 saturated heterocycles. The van der Waals surface area contributed by atoms with Gasteiger partial charge in [0, 0.05) is 32.1 Å². The van der Waals surface area contributed by atoms with Crippen LogP contribution in [0.4, 0.5) is 0 Å². The number of hydrogen-bond donors (Lipinski definition) is 0. The van der Waals surface area contributed by atoms with Gasteiger partial charge in [-0.2, -0.15) is 0 Å². The van der Waals surface area contributed by atoms with Crippen molar-refractivity contribution in [3.8, 4) is 0 Å². The largest absolute Gasteiger partial charge is 0.383 e. The van der Waals surface area contributed by atoms with E-state index in [9.17, 15) is 4.79 Å². The van der Waals surface area contributed by atoms with Gasteiger partial charge in [-0.1, -0.05) is 0 Å². The topological polar surface area (TPSA) is 72.6 Å². The van der Waals surface area contributed by atoms with E-state index in [-0.39, 0.29) is 5.91 Å². The van der Waals surface area contributed by atoms with Crippen molar-refractivity contribution in [3.63, 3.8) is 0 Å². The summed E-state index contributed by atoms with van der Waals surface area (Å²) in [5.41, 5.74) is 0.850. The first kappa shape index (κ1) is 13.9. The van der Waals surface area contributed by atoms with Gasteiger partial charge in [-0.25, -0.2) is 4.98 Å². The lowest BCUT2D eigenvalue weighted by Crippen LogP contribution is -2.36. The number of aromatic nitrogens is 4. The van der Waals surface area contributed by atoms with Gasteiger partial charge < -0.3 is 9.64 Å². The molecule has 1 aliphatic carbocycles. The summed E-state index contributed by atoms with van der Waals surface area (Å²) in [6, 6.07) is 1.84. The van der Waals surface area contributed by atoms with Gasteiger partial charge >= 0.3 is 0 Å². The highest BCUT2D eigenvalue weighted by atomic mass is 16.5. The van der Waals surface area contributed by atoms with Crippen LogP contribution >= 0.6 is 0 Å². The van der Waals surface area contributed by atoms with Crippen molar-refractivity contribution in [2.24, 2.45) is 5.92 Å². The summed E-state index contributed by atoms with van der Waals surface area (Å²) in [6.07, 6.45) is 4.17. The molecule has 7 nitrogen and oxygen atoms in total. The number of carbonyl (C=O) groups is 1. The molecule has 3 rings (SSSR count). The van der Waals surface area contributed by atoms with Crippen LogP contribution in [0.1, 0.15) is 29.2 Å². The molecule has 0 radical (unpaired) electrons. The highest BCUT2D eigenvalue weighted by molar-refractivity contribution is 5.91. The van der Waals surface area contributed by atoms with Crippen LogP contribution < -0.4 is 0 Å². The van der Waals surface area contributed by atoms with Gasteiger partial charge in [0.2, 0.25) is 5.82 Å². The Kier molecular flexibility index (Phi) is 3.83. The van der Waals surface area contributed by atoms with Crippen LogP contribution in [0.15, 0.2) is 12.3 Å². The predicted octanol–water partition coefficient (Wildman–Crippen LogP) is 0.931. The molecule has 0 N–H and O–H groups in total. The van der Waals surface area contributed by atoms with Gasteiger partial charge in [-0.3, -0.25) is 9.20 Å². The first-order valence-corrected chi connectivity index (χ1v) is 7.15. The van der Waals surface area contributed by atoms with Crippen molar-refractivity contribution in [3.05, 3.63) is 23.8 Å². The van der Waals surface area contributed by atoms with Crippen molar-refractivity contribution in [2.45, 2.75) is 19.8 Å². The van der Waals surface area contributed by atoms with E-state index in [0.717, 1.165) is 12.2 Å². The van der Waals surface area contributed by atoms with Crippen molar-refractivity contribution in [2.75, 3.05) is 26.8 Å². The maximum Gasteiger partial charge on any atom is 0.292 e. The Morgan fingerprint density at radius 2 is 2.29 bits per heavy atom. The number of aryl methyl sites for hydroxylation is 1. The van der Waals surface area contributed by atoms with Crippen LogP contribution in [-0.2, 0) is 4.74 Å². The minimum atomic E-state index is -0.114. The van der Waals surface area contributed by atoms with E-state index < -0.39 is 0 Å². The second kappa shape index (κ2) is 5.77. The lowest BCUT2D eigenvalue weighted by molar-refractivity contribution is 0.0673. The molecule has 0 unspecified atom stereocenters. The summed E-state index contributed by atoms with van der Waals surface area (Å²) in [5, 5.41) is 7.99. The zero-order valence-corrected chi connectivity index (χ0v) is 12.3. The van der Waals surface area contributed by atoms with Crippen LogP contribution in [0.25, 0.3) is 5.78 Å². The van der Waals surface area contributed by atoms with E-state index in [0.29, 0.717) is 30.7 Å². The average molecular weight is 289 g/mol. The third kappa shape index (κ3) is 3.02. The molecular formula is C14H19N5O2. The lowest BCUT2D eigenvalue weighted by Gasteiger charge is -2.21. The van der Waals surface area contributed by atoms with E-state index in [1.165, 1.54) is 12.8 Å². The van der Waals surface area contributed by atoms with Crippen LogP contribution in [-0.4, -0.2) is 57.2 Å². The van der Waals surface area contributed by atoms with Crippen molar-refractivity contribution in [1.82, 2.24) is 24.5 Å². The zero-order valence-electron chi connectivity index (χ0n) is 12.3. The van der Waals surface area contributed by atoms with Crippen LogP contribution in [0.5, 0.6) is 0 Å². The second-order valence-electron chi connectivity index (χ2n) is 5.45. The average Bonchev–Trinajstić information content (AvgIpc) is 3.20. The SMILES string of the molecule is COCCN(CC1CC1)C(=O)c1nnc2nc(C)ccn12. The molecular weight excluding hydrogens is 270 g/mol. The molecule has 7 heteroatoms. The molecule has 2 aromatic heterocycles. The minimum Gasteiger partial charge on any atom is -0.383 e. The number of fused-ring (bicyclic) bond motifs is 1. The molecule has 0 aliphatic heterocycles. The Balaban J connectivity index is 1.85. The summed E-state index contributed by atoms with van der Waals surface area (Å²) >= 11 is 0. The fraction of sp³-hybridized carbons (Fsp3) is 0.571. The summed E-state index contributed by atoms with van der Waals surface area (Å²) in [7, 11) is 1.64. The van der Waals surface area contributed by atoms with Crippen molar-refractivity contribution in [1.29, 1.82) is 0 Å². The highest BCUT2D eigenvalue weighted by Gasteiger charge is 2.29. The number of nitrogens with zero attached hydrogens (tertiary/aromatic N) is 5. The van der Waals surface area contributed by atoms with Gasteiger partial charge in [0.15, 0.2) is 0 Å². The Morgan fingerprint density at radius 1 is 1.48 bits per heavy atom. The van der Waals surface area contributed by atoms with Crippen molar-refractivity contribution >= 4 is 11.7 Å². The number of carbonyl (C=O) groups excluding carboxylic acids is 1. The van der Waals surface area contributed by atoms with Gasteiger partial charge in [0.05, 0.1) is 6.61 Å². The van der Waals surface area contributed by atoms with E-state index in [2.05, 4.69) is 15.2 Å². The molecule has 0 bridgehead atoms. The Labute approximate surface area is 122 Å². The van der Waals surface area contributed by atoms with Gasteiger partial charge in [-0.05, 0) is 31.7 Å². The Bertz CT molecular complexity index is 650. The predicted molar refractivity (Wildman–Crippen MR) is 76.0 cm³/mol. The molecule has 1 saturated carbocycles. The molecule has 112 valence electrons. The van der Waals surface area contributed by atoms with Crippen LogP contribution in [0.3, 0.4) is 0 Å². The maximum atomic E-state index is 12.7. The van der Waals surface area contributed by atoms with Gasteiger partial charge in [0.25, 0.3) is 11.7 Å². The quantitative estimate of drug-likeness (QED) is 0.791. The third-order valence-electron chi connectivity index (χ3n) is 3.64. The molecule has 2 aromatic rings. The molecule has 0 spiro atoms. The van der Waals surface area contributed by atoms with E-state index in [1.54, 1.807) is 22.6 Å². The highest BCUT2D eigenvalue weighted by Crippen LogP contribution is 2.30. The molecule has 1 fully saturated rings. The smallest absolute Gasteiger partial charge is 0.292 e. The summed E-state index contributed by atoms with van der Waals surface area (Å²) in [6.45, 7) is 3.73. The maximum absolute atomic E-state index is 12.7. The molecule has 0 atom stereocenters. The number of ether oxygens (including phenoxy) is 1. The normalized spacial score (nSPS) is 14.6. The van der Waals surface area contributed by atoms with Crippen molar-refractivity contribution < 1.29 is 9.53 Å². The summed E-state index contributed by atoms with van der Waals surface area (Å²) in [4.78, 5) is 18.8. The lowest BCUT2D eigenvalue weighted by atomic mass is 10.3. The van der Waals surface area contributed by atoms with E-state index in [1.807, 2.05) is 13.0 Å². The molecule has 1 amide bonds. The van der Waals surface area contributed by atoms with E-state index in [4.69, 9.17) is 4.74 Å². The molecule has 2 heterocycles. The standard InChI is InChI=1S/C14H19N5O2/c1-10-5-6-19-12(16-17-14(19)15-10)13(20)18(7-8-21-2)9-11-3-4-11/h5-6,11H,3-4,7-9H2,1-2H3. The minimum absolute atomic E-state index is 0.114. The molecule has 1 aliphatic rings. The Morgan fingerprint density at radius 3 is 3.00 bits per heavy atom. The first-order chi connectivity index (χ1) is 10.2. The summed E-state index contributed by atoms with van der Waals surface area (Å²) in [5.74, 6) is 1.27. The van der Waals surface area contributed by atoms with Crippen LogP contribution in [0, 0.1) is 12.8 Å². The summed E-state index contributed by atoms with van der Waals surface area (Å²) < 4.78 is 6.74. The fourth-order valence-electron chi connectivity index (χ4n) is 2.25. The number of rotatable bonds is 6. The Hall–Kier alpha value is -2.02. The van der Waals surface area contributed by atoms with Gasteiger partial charge in [-0.15, -0.1) is 10.2 Å². The number of methoxy groups -OCH3 is 1. The number of hydrogen-bond acceptors (Lipinski definition) is 5. The van der Waals surface area contributed by atoms with Gasteiger partial charge in [0.1, 0.15) is 0 Å². The first-order valence-electron chi connectivity index (χ1n) is 7.15. The zero-order chi connectivity index (χ0) is 14.8. The monoisotopic (exact) mass is 289 g/mol. The van der Waals surface area contributed by atoms with Crippen LogP contribution in [0.2, 0.25) is 0 Å². The third-order valence-corrected chi connectivity index (χ3v) is 3.64.